The average molecular weight is 287 g/mol. The fourth-order valence-corrected chi connectivity index (χ4v) is 1.99. The van der Waals surface area contributed by atoms with Crippen molar-refractivity contribution in [1.82, 2.24) is 5.32 Å². The van der Waals surface area contributed by atoms with Gasteiger partial charge in [0.1, 0.15) is 11.6 Å². The van der Waals surface area contributed by atoms with E-state index in [-0.39, 0.29) is 11.3 Å². The second-order valence-corrected chi connectivity index (χ2v) is 5.24. The Morgan fingerprint density at radius 3 is 2.43 bits per heavy atom. The summed E-state index contributed by atoms with van der Waals surface area (Å²) >= 11 is 0. The highest BCUT2D eigenvalue weighted by atomic mass is 19.1. The van der Waals surface area contributed by atoms with Gasteiger partial charge in [-0.15, -0.1) is 0 Å². The molecule has 0 saturated heterocycles. The van der Waals surface area contributed by atoms with Gasteiger partial charge in [0.2, 0.25) is 0 Å². The summed E-state index contributed by atoms with van der Waals surface area (Å²) in [5, 5.41) is 11.8. The molecule has 3 nitrogen and oxygen atoms in total. The number of hydrogen-bond acceptors (Lipinski definition) is 2. The molecule has 0 heterocycles. The number of phenolic OH excluding ortho intramolecular Hbond substituents is 1. The van der Waals surface area contributed by atoms with Crippen LogP contribution in [0.4, 0.5) is 4.39 Å². The molecule has 0 fully saturated rings. The van der Waals surface area contributed by atoms with Gasteiger partial charge in [-0.25, -0.2) is 4.39 Å². The van der Waals surface area contributed by atoms with Crippen LogP contribution in [0.15, 0.2) is 42.5 Å². The third kappa shape index (κ3) is 3.81. The van der Waals surface area contributed by atoms with E-state index >= 15 is 0 Å². The maximum atomic E-state index is 13.5. The first-order chi connectivity index (χ1) is 9.97. The fourth-order valence-electron chi connectivity index (χ4n) is 1.99. The zero-order chi connectivity index (χ0) is 15.4. The van der Waals surface area contributed by atoms with Crippen LogP contribution >= 0.6 is 0 Å². The fraction of sp³-hybridized carbons (Fsp3) is 0.235. The molecule has 0 atom stereocenters. The highest BCUT2D eigenvalue weighted by molar-refractivity contribution is 5.94. The lowest BCUT2D eigenvalue weighted by molar-refractivity contribution is 0.0947. The van der Waals surface area contributed by atoms with Gasteiger partial charge < -0.3 is 10.4 Å². The Labute approximate surface area is 123 Å². The van der Waals surface area contributed by atoms with E-state index in [4.69, 9.17) is 5.11 Å². The van der Waals surface area contributed by atoms with Crippen LogP contribution in [-0.2, 0) is 6.54 Å². The van der Waals surface area contributed by atoms with Gasteiger partial charge in [0.25, 0.3) is 5.91 Å². The Kier molecular flexibility index (Phi) is 4.58. The summed E-state index contributed by atoms with van der Waals surface area (Å²) < 4.78 is 13.5. The van der Waals surface area contributed by atoms with Crippen molar-refractivity contribution in [3.05, 3.63) is 65.0 Å². The summed E-state index contributed by atoms with van der Waals surface area (Å²) in [6.45, 7) is 4.56. The lowest BCUT2D eigenvalue weighted by Gasteiger charge is -2.09. The van der Waals surface area contributed by atoms with Crippen LogP contribution in [0.5, 0.6) is 5.75 Å². The first-order valence-corrected chi connectivity index (χ1v) is 6.83. The van der Waals surface area contributed by atoms with Crippen molar-refractivity contribution in [2.75, 3.05) is 0 Å². The third-order valence-electron chi connectivity index (χ3n) is 3.30. The van der Waals surface area contributed by atoms with Gasteiger partial charge >= 0.3 is 0 Å². The zero-order valence-corrected chi connectivity index (χ0v) is 12.1. The van der Waals surface area contributed by atoms with E-state index in [2.05, 4.69) is 19.2 Å². The van der Waals surface area contributed by atoms with E-state index in [1.807, 2.05) is 24.3 Å². The van der Waals surface area contributed by atoms with Crippen LogP contribution in [0.3, 0.4) is 0 Å². The highest BCUT2D eigenvalue weighted by Crippen LogP contribution is 2.16. The van der Waals surface area contributed by atoms with E-state index in [0.717, 1.165) is 11.6 Å². The monoisotopic (exact) mass is 287 g/mol. The minimum absolute atomic E-state index is 0.0772. The van der Waals surface area contributed by atoms with Crippen LogP contribution < -0.4 is 5.32 Å². The standard InChI is InChI=1S/C17H18FNO2/c1-11(2)13-5-3-12(4-6-13)10-19-17(21)15-8-7-14(20)9-16(15)18/h3-9,11,20H,10H2,1-2H3,(H,19,21). The van der Waals surface area contributed by atoms with Crippen LogP contribution in [0.25, 0.3) is 0 Å². The SMILES string of the molecule is CC(C)c1ccc(CNC(=O)c2ccc(O)cc2F)cc1. The second kappa shape index (κ2) is 6.39. The minimum Gasteiger partial charge on any atom is -0.508 e. The van der Waals surface area contributed by atoms with Crippen molar-refractivity contribution in [2.24, 2.45) is 0 Å². The molecule has 2 rings (SSSR count). The van der Waals surface area contributed by atoms with Gasteiger partial charge in [0, 0.05) is 12.6 Å². The number of rotatable bonds is 4. The van der Waals surface area contributed by atoms with Gasteiger partial charge in [-0.05, 0) is 29.2 Å². The molecule has 21 heavy (non-hydrogen) atoms. The predicted octanol–water partition coefficient (Wildman–Crippen LogP) is 3.58. The molecule has 0 aliphatic heterocycles. The molecular formula is C17H18FNO2. The zero-order valence-electron chi connectivity index (χ0n) is 12.1. The number of hydrogen-bond donors (Lipinski definition) is 2. The Morgan fingerprint density at radius 2 is 1.86 bits per heavy atom. The molecule has 0 spiro atoms. The molecule has 1 amide bonds. The summed E-state index contributed by atoms with van der Waals surface area (Å²) in [4.78, 5) is 11.9. The van der Waals surface area contributed by atoms with Crippen molar-refractivity contribution in [3.63, 3.8) is 0 Å². The molecule has 2 aromatic rings. The molecule has 0 aromatic heterocycles. The van der Waals surface area contributed by atoms with Crippen molar-refractivity contribution >= 4 is 5.91 Å². The minimum atomic E-state index is -0.734. The predicted molar refractivity (Wildman–Crippen MR) is 79.8 cm³/mol. The Morgan fingerprint density at radius 1 is 1.19 bits per heavy atom. The molecule has 4 heteroatoms. The number of halogens is 1. The highest BCUT2D eigenvalue weighted by Gasteiger charge is 2.11. The first-order valence-electron chi connectivity index (χ1n) is 6.83. The lowest BCUT2D eigenvalue weighted by atomic mass is 10.0. The molecule has 2 N–H and O–H groups in total. The number of phenols is 1. The number of amides is 1. The molecule has 0 radical (unpaired) electrons. The van der Waals surface area contributed by atoms with Crippen molar-refractivity contribution in [2.45, 2.75) is 26.3 Å². The van der Waals surface area contributed by atoms with Gasteiger partial charge in [0.15, 0.2) is 0 Å². The van der Waals surface area contributed by atoms with Gasteiger partial charge in [0.05, 0.1) is 5.56 Å². The normalized spacial score (nSPS) is 10.7. The maximum Gasteiger partial charge on any atom is 0.254 e. The van der Waals surface area contributed by atoms with Crippen LogP contribution in [-0.4, -0.2) is 11.0 Å². The molecule has 2 aromatic carbocycles. The van der Waals surface area contributed by atoms with Crippen LogP contribution in [0.2, 0.25) is 0 Å². The summed E-state index contributed by atoms with van der Waals surface area (Å²) in [7, 11) is 0. The summed E-state index contributed by atoms with van der Waals surface area (Å²) in [5.74, 6) is -0.976. The molecule has 0 aliphatic rings. The van der Waals surface area contributed by atoms with Crippen LogP contribution in [0, 0.1) is 5.82 Å². The number of benzene rings is 2. The van der Waals surface area contributed by atoms with Gasteiger partial charge in [-0.3, -0.25) is 4.79 Å². The van der Waals surface area contributed by atoms with Crippen LogP contribution in [0.1, 0.15) is 41.3 Å². The molecule has 0 bridgehead atoms. The van der Waals surface area contributed by atoms with Crippen molar-refractivity contribution in [1.29, 1.82) is 0 Å². The topological polar surface area (TPSA) is 49.3 Å². The van der Waals surface area contributed by atoms with E-state index in [1.54, 1.807) is 0 Å². The number of nitrogens with one attached hydrogen (secondary N) is 1. The number of carbonyl (C=O) groups excluding carboxylic acids is 1. The van der Waals surface area contributed by atoms with E-state index in [1.165, 1.54) is 17.7 Å². The second-order valence-electron chi connectivity index (χ2n) is 5.24. The van der Waals surface area contributed by atoms with E-state index in [9.17, 15) is 9.18 Å². The van der Waals surface area contributed by atoms with Crippen molar-refractivity contribution in [3.8, 4) is 5.75 Å². The Bertz CT molecular complexity index is 636. The van der Waals surface area contributed by atoms with Crippen molar-refractivity contribution < 1.29 is 14.3 Å². The third-order valence-corrected chi connectivity index (χ3v) is 3.30. The van der Waals surface area contributed by atoms with E-state index < -0.39 is 11.7 Å². The summed E-state index contributed by atoms with van der Waals surface area (Å²) in [6.07, 6.45) is 0. The Hall–Kier alpha value is -2.36. The summed E-state index contributed by atoms with van der Waals surface area (Å²) in [5.41, 5.74) is 2.10. The summed E-state index contributed by atoms with van der Waals surface area (Å²) in [6, 6.07) is 11.4. The molecular weight excluding hydrogens is 269 g/mol. The molecule has 0 unspecified atom stereocenters. The molecule has 0 aliphatic carbocycles. The number of carbonyl (C=O) groups is 1. The molecule has 110 valence electrons. The van der Waals surface area contributed by atoms with Gasteiger partial charge in [-0.2, -0.15) is 0 Å². The average Bonchev–Trinajstić information content (AvgIpc) is 2.45. The largest absolute Gasteiger partial charge is 0.508 e. The van der Waals surface area contributed by atoms with Gasteiger partial charge in [-0.1, -0.05) is 38.1 Å². The Balaban J connectivity index is 2.00. The lowest BCUT2D eigenvalue weighted by Crippen LogP contribution is -2.23. The maximum absolute atomic E-state index is 13.5. The molecule has 0 saturated carbocycles. The quantitative estimate of drug-likeness (QED) is 0.903. The van der Waals surface area contributed by atoms with E-state index in [0.29, 0.717) is 12.5 Å². The smallest absolute Gasteiger partial charge is 0.254 e. The number of aromatic hydroxyl groups is 1. The first kappa shape index (κ1) is 15.0.